The molecule has 2 N–H and O–H groups in total. The first kappa shape index (κ1) is 23.5. The number of methoxy groups -OCH3 is 1. The number of hydrogen-bond donors (Lipinski definition) is 2. The van der Waals surface area contributed by atoms with Crippen molar-refractivity contribution in [3.63, 3.8) is 0 Å². The number of nitrogens with zero attached hydrogens (tertiary/aromatic N) is 2. The molecule has 2 amide bonds. The van der Waals surface area contributed by atoms with Crippen molar-refractivity contribution in [1.82, 2.24) is 10.2 Å². The molecule has 0 unspecified atom stereocenters. The number of amides is 2. The quantitative estimate of drug-likeness (QED) is 0.535. The second-order valence-corrected chi connectivity index (χ2v) is 9.92. The fraction of sp³-hybridized carbons (Fsp3) is 0.269. The number of aliphatic imine (C=N–C) groups is 1. The monoisotopic (exact) mass is 508 g/mol. The summed E-state index contributed by atoms with van der Waals surface area (Å²) in [6, 6.07) is 14.4. The number of benzene rings is 2. The number of ether oxygens (including phenoxy) is 1. The highest BCUT2D eigenvalue weighted by Gasteiger charge is 2.41. The maximum absolute atomic E-state index is 13.6. The van der Waals surface area contributed by atoms with Crippen LogP contribution in [0.25, 0.3) is 0 Å². The molecular weight excluding hydrogens is 484 g/mol. The lowest BCUT2D eigenvalue weighted by atomic mass is 9.93. The van der Waals surface area contributed by atoms with Crippen LogP contribution in [0.5, 0.6) is 5.75 Å². The van der Waals surface area contributed by atoms with Gasteiger partial charge in [0.15, 0.2) is 5.17 Å². The molecule has 0 saturated heterocycles. The molecule has 2 heterocycles. The van der Waals surface area contributed by atoms with Crippen LogP contribution in [0.3, 0.4) is 0 Å². The second-order valence-electron chi connectivity index (χ2n) is 8.65. The van der Waals surface area contributed by atoms with E-state index >= 15 is 0 Å². The molecule has 0 spiro atoms. The number of rotatable bonds is 7. The van der Waals surface area contributed by atoms with E-state index in [9.17, 15) is 9.59 Å². The highest BCUT2D eigenvalue weighted by molar-refractivity contribution is 8.16. The summed E-state index contributed by atoms with van der Waals surface area (Å²) in [5.41, 5.74) is 3.42. The first-order chi connectivity index (χ1) is 16.9. The molecule has 3 aliphatic rings. The lowest BCUT2D eigenvalue weighted by molar-refractivity contribution is -0.120. The highest BCUT2D eigenvalue weighted by atomic mass is 35.5. The molecule has 2 aromatic carbocycles. The Labute approximate surface area is 213 Å². The van der Waals surface area contributed by atoms with E-state index in [1.165, 1.54) is 11.8 Å². The molecule has 35 heavy (non-hydrogen) atoms. The van der Waals surface area contributed by atoms with E-state index < -0.39 is 6.04 Å². The fourth-order valence-electron chi connectivity index (χ4n) is 4.20. The Morgan fingerprint density at radius 1 is 1.20 bits per heavy atom. The lowest BCUT2D eigenvalue weighted by Gasteiger charge is -2.36. The number of allylic oxidation sites excluding steroid dienone is 1. The van der Waals surface area contributed by atoms with Crippen LogP contribution in [0, 0.1) is 0 Å². The molecule has 0 bridgehead atoms. The molecule has 0 radical (unpaired) electrons. The number of amidine groups is 1. The molecule has 1 atom stereocenters. The summed E-state index contributed by atoms with van der Waals surface area (Å²) in [7, 11) is 1.60. The van der Waals surface area contributed by atoms with Gasteiger partial charge in [-0.15, -0.1) is 0 Å². The van der Waals surface area contributed by atoms with E-state index in [0.29, 0.717) is 27.7 Å². The Morgan fingerprint density at radius 2 is 1.97 bits per heavy atom. The molecule has 0 aromatic heterocycles. The number of halogens is 1. The third kappa shape index (κ3) is 5.09. The SMILES string of the molecule is COc1ccc(NC(=O)C2=C(C)N=C3SC=C(CC(=O)NC4CC4)N3[C@@H]2c2cccc(Cl)c2)cc1. The van der Waals surface area contributed by atoms with Crippen LogP contribution in [-0.4, -0.2) is 35.0 Å². The summed E-state index contributed by atoms with van der Waals surface area (Å²) in [5, 5.41) is 9.29. The van der Waals surface area contributed by atoms with Gasteiger partial charge in [0.2, 0.25) is 5.91 Å². The van der Waals surface area contributed by atoms with E-state index in [1.807, 2.05) is 35.4 Å². The maximum Gasteiger partial charge on any atom is 0.255 e. The van der Waals surface area contributed by atoms with Gasteiger partial charge in [0, 0.05) is 22.4 Å². The zero-order chi connectivity index (χ0) is 24.5. The average molecular weight is 509 g/mol. The molecule has 5 rings (SSSR count). The van der Waals surface area contributed by atoms with Gasteiger partial charge in [0.1, 0.15) is 5.75 Å². The van der Waals surface area contributed by atoms with Gasteiger partial charge in [-0.1, -0.05) is 35.5 Å². The van der Waals surface area contributed by atoms with Gasteiger partial charge in [-0.05, 0) is 67.1 Å². The fourth-order valence-corrected chi connectivity index (χ4v) is 5.36. The van der Waals surface area contributed by atoms with Gasteiger partial charge in [0.25, 0.3) is 5.91 Å². The largest absolute Gasteiger partial charge is 0.497 e. The van der Waals surface area contributed by atoms with Crippen molar-refractivity contribution in [3.05, 3.63) is 81.5 Å². The van der Waals surface area contributed by atoms with Crippen molar-refractivity contribution in [1.29, 1.82) is 0 Å². The van der Waals surface area contributed by atoms with Gasteiger partial charge in [-0.2, -0.15) is 0 Å². The molecule has 9 heteroatoms. The number of nitrogens with one attached hydrogen (secondary N) is 2. The van der Waals surface area contributed by atoms with Gasteiger partial charge < -0.3 is 20.3 Å². The van der Waals surface area contributed by atoms with E-state index in [0.717, 1.165) is 29.3 Å². The predicted octanol–water partition coefficient (Wildman–Crippen LogP) is 5.23. The van der Waals surface area contributed by atoms with E-state index in [4.69, 9.17) is 21.3 Å². The number of anilines is 1. The highest BCUT2D eigenvalue weighted by Crippen LogP contribution is 2.45. The lowest BCUT2D eigenvalue weighted by Crippen LogP contribution is -2.39. The van der Waals surface area contributed by atoms with E-state index in [-0.39, 0.29) is 24.3 Å². The van der Waals surface area contributed by atoms with Crippen LogP contribution in [0.4, 0.5) is 5.69 Å². The average Bonchev–Trinajstić information content (AvgIpc) is 3.57. The normalized spacial score (nSPS) is 19.1. The van der Waals surface area contributed by atoms with Crippen LogP contribution >= 0.6 is 23.4 Å². The van der Waals surface area contributed by atoms with Crippen molar-refractivity contribution < 1.29 is 14.3 Å². The predicted molar refractivity (Wildman–Crippen MR) is 139 cm³/mol. The van der Waals surface area contributed by atoms with Crippen molar-refractivity contribution >= 4 is 46.0 Å². The second kappa shape index (κ2) is 9.79. The molecule has 1 saturated carbocycles. The van der Waals surface area contributed by atoms with Crippen molar-refractivity contribution in [2.45, 2.75) is 38.3 Å². The Hall–Kier alpha value is -3.23. The third-order valence-electron chi connectivity index (χ3n) is 6.04. The number of hydrogen-bond acceptors (Lipinski definition) is 6. The first-order valence-corrected chi connectivity index (χ1v) is 12.6. The minimum Gasteiger partial charge on any atom is -0.497 e. The molecule has 2 aliphatic heterocycles. The molecule has 1 aliphatic carbocycles. The molecule has 180 valence electrons. The van der Waals surface area contributed by atoms with Gasteiger partial charge in [0.05, 0.1) is 30.8 Å². The van der Waals surface area contributed by atoms with Crippen LogP contribution in [0.15, 0.2) is 75.9 Å². The van der Waals surface area contributed by atoms with Gasteiger partial charge >= 0.3 is 0 Å². The summed E-state index contributed by atoms with van der Waals surface area (Å²) in [5.74, 6) is 0.413. The van der Waals surface area contributed by atoms with Crippen LogP contribution in [0.2, 0.25) is 5.02 Å². The van der Waals surface area contributed by atoms with E-state index in [1.54, 1.807) is 37.4 Å². The topological polar surface area (TPSA) is 83.0 Å². The molecule has 2 aromatic rings. The number of carbonyl (C=O) groups is 2. The standard InChI is InChI=1S/C26H25ClN4O3S/c1-15-23(25(33)30-19-8-10-21(34-2)11-9-19)24(16-4-3-5-17(27)12-16)31-20(14-35-26(31)28-15)13-22(32)29-18-6-7-18/h3-5,8-12,14,18,24H,6-7,13H2,1-2H3,(H,29,32)(H,30,33)/t24-/m1/s1. The first-order valence-electron chi connectivity index (χ1n) is 11.4. The molecular formula is C26H25ClN4O3S. The molecule has 1 fully saturated rings. The van der Waals surface area contributed by atoms with Crippen molar-refractivity contribution in [3.8, 4) is 5.75 Å². The van der Waals surface area contributed by atoms with Crippen molar-refractivity contribution in [2.75, 3.05) is 12.4 Å². The minimum absolute atomic E-state index is 0.0269. The summed E-state index contributed by atoms with van der Waals surface area (Å²) in [6.45, 7) is 1.84. The Bertz CT molecular complexity index is 1270. The zero-order valence-electron chi connectivity index (χ0n) is 19.4. The minimum atomic E-state index is -0.477. The smallest absolute Gasteiger partial charge is 0.255 e. The van der Waals surface area contributed by atoms with Crippen LogP contribution in [-0.2, 0) is 9.59 Å². The number of fused-ring (bicyclic) bond motifs is 1. The van der Waals surface area contributed by atoms with Crippen LogP contribution < -0.4 is 15.4 Å². The van der Waals surface area contributed by atoms with Crippen molar-refractivity contribution in [2.24, 2.45) is 4.99 Å². The Morgan fingerprint density at radius 3 is 2.66 bits per heavy atom. The Balaban J connectivity index is 1.49. The third-order valence-corrected chi connectivity index (χ3v) is 7.17. The van der Waals surface area contributed by atoms with E-state index in [2.05, 4.69) is 10.6 Å². The van der Waals surface area contributed by atoms with Gasteiger partial charge in [-0.3, -0.25) is 9.59 Å². The molecule has 7 nitrogen and oxygen atoms in total. The summed E-state index contributed by atoms with van der Waals surface area (Å²) in [4.78, 5) is 33.0. The summed E-state index contributed by atoms with van der Waals surface area (Å²) in [6.07, 6.45) is 2.27. The zero-order valence-corrected chi connectivity index (χ0v) is 20.9. The maximum atomic E-state index is 13.6. The van der Waals surface area contributed by atoms with Gasteiger partial charge in [-0.25, -0.2) is 4.99 Å². The summed E-state index contributed by atoms with van der Waals surface area (Å²) >= 11 is 7.81. The van der Waals surface area contributed by atoms with Crippen LogP contribution in [0.1, 0.15) is 37.8 Å². The Kier molecular flexibility index (Phi) is 6.58. The number of thioether (sulfide) groups is 1. The summed E-state index contributed by atoms with van der Waals surface area (Å²) < 4.78 is 5.21. The number of carbonyl (C=O) groups excluding carboxylic acids is 2.